The minimum atomic E-state index is -0.0893. The van der Waals surface area contributed by atoms with Crippen molar-refractivity contribution in [3.8, 4) is 11.5 Å². The van der Waals surface area contributed by atoms with Gasteiger partial charge in [0.05, 0.1) is 26.5 Å². The van der Waals surface area contributed by atoms with Crippen molar-refractivity contribution in [3.05, 3.63) is 35.2 Å². The lowest BCUT2D eigenvalue weighted by molar-refractivity contribution is 0.275. The van der Waals surface area contributed by atoms with Gasteiger partial charge in [-0.2, -0.15) is 0 Å². The monoisotopic (exact) mass is 305 g/mol. The summed E-state index contributed by atoms with van der Waals surface area (Å²) in [6.07, 6.45) is 1.57. The minimum Gasteiger partial charge on any atom is -0.493 e. The molecule has 1 aromatic heterocycles. The van der Waals surface area contributed by atoms with Crippen LogP contribution in [0.5, 0.6) is 11.5 Å². The molecule has 120 valence electrons. The molecule has 1 aromatic carbocycles. The lowest BCUT2D eigenvalue weighted by Gasteiger charge is -2.12. The van der Waals surface area contributed by atoms with Crippen molar-refractivity contribution < 1.29 is 14.6 Å². The maximum absolute atomic E-state index is 9.41. The number of aromatic nitrogens is 3. The average Bonchev–Trinajstić information content (AvgIpc) is 2.95. The molecule has 2 rings (SSSR count). The summed E-state index contributed by atoms with van der Waals surface area (Å²) in [7, 11) is 3.25. The summed E-state index contributed by atoms with van der Waals surface area (Å²) >= 11 is 0. The second-order valence-corrected chi connectivity index (χ2v) is 5.37. The fourth-order valence-electron chi connectivity index (χ4n) is 2.44. The third-order valence-electron chi connectivity index (χ3n) is 3.61. The lowest BCUT2D eigenvalue weighted by atomic mass is 10.1. The fourth-order valence-corrected chi connectivity index (χ4v) is 2.44. The Kier molecular flexibility index (Phi) is 5.38. The lowest BCUT2D eigenvalue weighted by Crippen LogP contribution is -2.10. The van der Waals surface area contributed by atoms with Gasteiger partial charge >= 0.3 is 0 Å². The van der Waals surface area contributed by atoms with Crippen LogP contribution in [0.4, 0.5) is 0 Å². The predicted molar refractivity (Wildman–Crippen MR) is 83.3 cm³/mol. The van der Waals surface area contributed by atoms with Crippen LogP contribution in [0.3, 0.4) is 0 Å². The highest BCUT2D eigenvalue weighted by Gasteiger charge is 2.14. The van der Waals surface area contributed by atoms with E-state index >= 15 is 0 Å². The molecule has 0 radical (unpaired) electrons. The van der Waals surface area contributed by atoms with Crippen LogP contribution in [0.25, 0.3) is 0 Å². The summed E-state index contributed by atoms with van der Waals surface area (Å²) in [5.74, 6) is 1.44. The van der Waals surface area contributed by atoms with Crippen LogP contribution in [0, 0.1) is 0 Å². The van der Waals surface area contributed by atoms with Gasteiger partial charge in [0, 0.05) is 6.04 Å². The molecule has 1 N–H and O–H groups in total. The molecule has 0 saturated carbocycles. The van der Waals surface area contributed by atoms with Crippen LogP contribution in [0.15, 0.2) is 18.2 Å². The van der Waals surface area contributed by atoms with Crippen molar-refractivity contribution in [2.75, 3.05) is 14.2 Å². The molecule has 22 heavy (non-hydrogen) atoms. The molecule has 0 aliphatic heterocycles. The van der Waals surface area contributed by atoms with E-state index in [2.05, 4.69) is 24.2 Å². The van der Waals surface area contributed by atoms with Gasteiger partial charge in [-0.05, 0) is 44.4 Å². The van der Waals surface area contributed by atoms with Crippen LogP contribution in [-0.4, -0.2) is 34.3 Å². The molecule has 2 aromatic rings. The molecule has 0 amide bonds. The molecule has 0 fully saturated rings. The Morgan fingerprint density at radius 1 is 1.14 bits per heavy atom. The molecule has 0 bridgehead atoms. The predicted octanol–water partition coefficient (Wildman–Crippen LogP) is 2.15. The summed E-state index contributed by atoms with van der Waals surface area (Å²) in [4.78, 5) is 0. The number of aliphatic hydroxyl groups excluding tert-OH is 1. The van der Waals surface area contributed by atoms with Gasteiger partial charge in [0.2, 0.25) is 0 Å². The normalized spacial score (nSPS) is 11.0. The second kappa shape index (κ2) is 7.26. The Hall–Kier alpha value is -2.08. The molecular formula is C16H23N3O3. The molecule has 0 aliphatic rings. The van der Waals surface area contributed by atoms with Gasteiger partial charge < -0.3 is 14.6 Å². The van der Waals surface area contributed by atoms with Gasteiger partial charge in [-0.25, -0.2) is 4.68 Å². The van der Waals surface area contributed by atoms with Gasteiger partial charge in [0.1, 0.15) is 5.69 Å². The number of methoxy groups -OCH3 is 2. The second-order valence-electron chi connectivity index (χ2n) is 5.37. The Bertz CT molecular complexity index is 623. The summed E-state index contributed by atoms with van der Waals surface area (Å²) in [5.41, 5.74) is 2.76. The number of nitrogens with zero attached hydrogens (tertiary/aromatic N) is 3. The number of benzene rings is 1. The van der Waals surface area contributed by atoms with Crippen LogP contribution in [-0.2, 0) is 19.4 Å². The van der Waals surface area contributed by atoms with E-state index in [0.717, 1.165) is 35.6 Å². The van der Waals surface area contributed by atoms with Crippen molar-refractivity contribution in [1.82, 2.24) is 15.0 Å². The zero-order valence-corrected chi connectivity index (χ0v) is 13.5. The van der Waals surface area contributed by atoms with Crippen LogP contribution in [0.1, 0.15) is 36.8 Å². The summed E-state index contributed by atoms with van der Waals surface area (Å²) in [6, 6.07) is 6.11. The third-order valence-corrected chi connectivity index (χ3v) is 3.61. The molecule has 0 atom stereocenters. The first-order chi connectivity index (χ1) is 10.6. The Balaban J connectivity index is 2.18. The molecule has 6 nitrogen and oxygen atoms in total. The number of ether oxygens (including phenoxy) is 2. The van der Waals surface area contributed by atoms with Gasteiger partial charge in [0.25, 0.3) is 0 Å². The molecular weight excluding hydrogens is 282 g/mol. The van der Waals surface area contributed by atoms with E-state index in [-0.39, 0.29) is 12.6 Å². The van der Waals surface area contributed by atoms with Gasteiger partial charge in [-0.3, -0.25) is 0 Å². The van der Waals surface area contributed by atoms with E-state index in [1.165, 1.54) is 0 Å². The number of hydrogen-bond donors (Lipinski definition) is 1. The Labute approximate surface area is 130 Å². The quantitative estimate of drug-likeness (QED) is 0.849. The van der Waals surface area contributed by atoms with Gasteiger partial charge in [-0.1, -0.05) is 11.3 Å². The molecule has 1 heterocycles. The average molecular weight is 305 g/mol. The van der Waals surface area contributed by atoms with Crippen molar-refractivity contribution in [1.29, 1.82) is 0 Å². The number of rotatable bonds is 7. The number of hydrogen-bond acceptors (Lipinski definition) is 5. The third kappa shape index (κ3) is 3.39. The standard InChI is InChI=1S/C16H23N3O3/c1-11(2)19-14(13(10-20)17-18-19)7-5-12-6-8-15(21-3)16(9-12)22-4/h6,8-9,11,20H,5,7,10H2,1-4H3. The maximum atomic E-state index is 9.41. The zero-order valence-electron chi connectivity index (χ0n) is 13.5. The van der Waals surface area contributed by atoms with E-state index < -0.39 is 0 Å². The zero-order chi connectivity index (χ0) is 16.1. The first-order valence-electron chi connectivity index (χ1n) is 7.35. The highest BCUT2D eigenvalue weighted by molar-refractivity contribution is 5.43. The smallest absolute Gasteiger partial charge is 0.160 e. The number of aryl methyl sites for hydroxylation is 1. The summed E-state index contributed by atoms with van der Waals surface area (Å²) in [6.45, 7) is 4.01. The highest BCUT2D eigenvalue weighted by atomic mass is 16.5. The molecule has 0 saturated heterocycles. The molecule has 0 unspecified atom stereocenters. The van der Waals surface area contributed by atoms with Crippen molar-refractivity contribution in [2.45, 2.75) is 39.3 Å². The summed E-state index contributed by atoms with van der Waals surface area (Å²) in [5, 5.41) is 17.6. The topological polar surface area (TPSA) is 69.4 Å². The minimum absolute atomic E-state index is 0.0893. The number of aliphatic hydroxyl groups is 1. The van der Waals surface area contributed by atoms with Gasteiger partial charge in [-0.15, -0.1) is 5.10 Å². The molecule has 6 heteroatoms. The van der Waals surface area contributed by atoms with Crippen molar-refractivity contribution in [3.63, 3.8) is 0 Å². The van der Waals surface area contributed by atoms with E-state index in [4.69, 9.17) is 9.47 Å². The van der Waals surface area contributed by atoms with E-state index in [1.54, 1.807) is 14.2 Å². The Morgan fingerprint density at radius 3 is 2.45 bits per heavy atom. The van der Waals surface area contributed by atoms with E-state index in [0.29, 0.717) is 5.69 Å². The highest BCUT2D eigenvalue weighted by Crippen LogP contribution is 2.28. The SMILES string of the molecule is COc1ccc(CCc2c(CO)nnn2C(C)C)cc1OC. The molecule has 0 aliphatic carbocycles. The first-order valence-corrected chi connectivity index (χ1v) is 7.35. The van der Waals surface area contributed by atoms with Crippen LogP contribution >= 0.6 is 0 Å². The Morgan fingerprint density at radius 2 is 1.86 bits per heavy atom. The maximum Gasteiger partial charge on any atom is 0.160 e. The molecule has 0 spiro atoms. The van der Waals surface area contributed by atoms with Crippen molar-refractivity contribution in [2.24, 2.45) is 0 Å². The summed E-state index contributed by atoms with van der Waals surface area (Å²) < 4.78 is 12.4. The first kappa shape index (κ1) is 16.3. The fraction of sp³-hybridized carbons (Fsp3) is 0.500. The van der Waals surface area contributed by atoms with E-state index in [9.17, 15) is 5.11 Å². The van der Waals surface area contributed by atoms with Crippen LogP contribution in [0.2, 0.25) is 0 Å². The van der Waals surface area contributed by atoms with E-state index in [1.807, 2.05) is 22.9 Å². The van der Waals surface area contributed by atoms with Gasteiger partial charge in [0.15, 0.2) is 11.5 Å². The largest absolute Gasteiger partial charge is 0.493 e. The van der Waals surface area contributed by atoms with Crippen LogP contribution < -0.4 is 9.47 Å². The van der Waals surface area contributed by atoms with Crippen molar-refractivity contribution >= 4 is 0 Å².